The summed E-state index contributed by atoms with van der Waals surface area (Å²) in [5.41, 5.74) is 0. The number of hydrogen-bond acceptors (Lipinski definition) is 3. The van der Waals surface area contributed by atoms with Crippen LogP contribution in [0.15, 0.2) is 0 Å². The van der Waals surface area contributed by atoms with Crippen LogP contribution in [0.5, 0.6) is 0 Å². The number of hydrogen-bond donors (Lipinski definition) is 0. The minimum atomic E-state index is 0.566. The lowest BCUT2D eigenvalue weighted by Crippen LogP contribution is -2.43. The minimum absolute atomic E-state index is 0.566. The van der Waals surface area contributed by atoms with E-state index in [1.807, 2.05) is 0 Å². The Kier molecular flexibility index (Phi) is 4.20. The molecule has 0 amide bonds. The van der Waals surface area contributed by atoms with E-state index >= 15 is 0 Å². The molecule has 1 fully saturated rings. The second-order valence-electron chi connectivity index (χ2n) is 3.74. The second kappa shape index (κ2) is 5.21. The van der Waals surface area contributed by atoms with E-state index in [0.29, 0.717) is 12.6 Å². The summed E-state index contributed by atoms with van der Waals surface area (Å²) in [5, 5.41) is 8.56. The smallest absolute Gasteiger partial charge is 0.0865 e. The normalized spacial score (nSPS) is 20.5. The maximum Gasteiger partial charge on any atom is 0.0865 e. The van der Waals surface area contributed by atoms with E-state index in [-0.39, 0.29) is 0 Å². The van der Waals surface area contributed by atoms with Gasteiger partial charge in [0, 0.05) is 6.04 Å². The average molecular weight is 181 g/mol. The van der Waals surface area contributed by atoms with Gasteiger partial charge in [-0.3, -0.25) is 4.90 Å². The van der Waals surface area contributed by atoms with Crippen LogP contribution in [0.4, 0.5) is 0 Å². The van der Waals surface area contributed by atoms with Gasteiger partial charge in [0.2, 0.25) is 0 Å². The Labute approximate surface area is 80.9 Å². The third kappa shape index (κ3) is 2.98. The highest BCUT2D eigenvalue weighted by Crippen LogP contribution is 2.14. The van der Waals surface area contributed by atoms with Crippen molar-refractivity contribution in [2.45, 2.75) is 25.8 Å². The molecule has 1 heterocycles. The molecule has 0 bridgehead atoms. The summed E-state index contributed by atoms with van der Waals surface area (Å²) < 4.78 is 0. The average Bonchev–Trinajstić information content (AvgIpc) is 2.18. The summed E-state index contributed by atoms with van der Waals surface area (Å²) in [6, 6.07) is 2.83. The highest BCUT2D eigenvalue weighted by molar-refractivity contribution is 4.83. The highest BCUT2D eigenvalue weighted by atomic mass is 15.2. The van der Waals surface area contributed by atoms with Gasteiger partial charge in [-0.2, -0.15) is 5.26 Å². The molecule has 74 valence electrons. The Bertz CT molecular complexity index is 177. The highest BCUT2D eigenvalue weighted by Gasteiger charge is 2.20. The molecule has 3 nitrogen and oxygen atoms in total. The summed E-state index contributed by atoms with van der Waals surface area (Å²) in [6.07, 6.45) is 2.43. The van der Waals surface area contributed by atoms with E-state index in [0.717, 1.165) is 6.54 Å². The first-order valence-corrected chi connectivity index (χ1v) is 5.07. The quantitative estimate of drug-likeness (QED) is 0.607. The van der Waals surface area contributed by atoms with Crippen LogP contribution in [0.1, 0.15) is 19.8 Å². The van der Waals surface area contributed by atoms with Crippen molar-refractivity contribution in [1.82, 2.24) is 9.80 Å². The van der Waals surface area contributed by atoms with Crippen molar-refractivity contribution in [3.8, 4) is 6.07 Å². The number of nitriles is 1. The van der Waals surface area contributed by atoms with Gasteiger partial charge in [-0.1, -0.05) is 6.92 Å². The minimum Gasteiger partial charge on any atom is -0.303 e. The van der Waals surface area contributed by atoms with Gasteiger partial charge in [0.05, 0.1) is 12.6 Å². The number of likely N-dealkylation sites (tertiary alicyclic amines) is 1. The van der Waals surface area contributed by atoms with Gasteiger partial charge >= 0.3 is 0 Å². The number of nitrogens with zero attached hydrogens (tertiary/aromatic N) is 3. The Balaban J connectivity index is 2.28. The first kappa shape index (κ1) is 10.5. The summed E-state index contributed by atoms with van der Waals surface area (Å²) in [4.78, 5) is 4.64. The SMILES string of the molecule is CCN1CCC(N(C)CC#N)CC1. The van der Waals surface area contributed by atoms with Crippen LogP contribution < -0.4 is 0 Å². The largest absolute Gasteiger partial charge is 0.303 e. The Morgan fingerprint density at radius 1 is 1.46 bits per heavy atom. The Hall–Kier alpha value is -0.590. The monoisotopic (exact) mass is 181 g/mol. The van der Waals surface area contributed by atoms with Crippen LogP contribution in [-0.2, 0) is 0 Å². The van der Waals surface area contributed by atoms with E-state index in [2.05, 4.69) is 29.8 Å². The maximum atomic E-state index is 8.56. The summed E-state index contributed by atoms with van der Waals surface area (Å²) in [6.45, 7) is 6.32. The second-order valence-corrected chi connectivity index (χ2v) is 3.74. The summed E-state index contributed by atoms with van der Waals surface area (Å²) in [7, 11) is 2.05. The molecular weight excluding hydrogens is 162 g/mol. The van der Waals surface area contributed by atoms with Crippen LogP contribution in [0.3, 0.4) is 0 Å². The van der Waals surface area contributed by atoms with E-state index < -0.39 is 0 Å². The fraction of sp³-hybridized carbons (Fsp3) is 0.900. The van der Waals surface area contributed by atoms with Crippen molar-refractivity contribution >= 4 is 0 Å². The standard InChI is InChI=1S/C10H19N3/c1-3-13-7-4-10(5-8-13)12(2)9-6-11/h10H,3-5,7-9H2,1-2H3. The summed E-state index contributed by atoms with van der Waals surface area (Å²) >= 11 is 0. The van der Waals surface area contributed by atoms with Crippen LogP contribution in [-0.4, -0.2) is 49.1 Å². The summed E-state index contributed by atoms with van der Waals surface area (Å²) in [5.74, 6) is 0. The van der Waals surface area contributed by atoms with E-state index in [1.54, 1.807) is 0 Å². The molecule has 1 rings (SSSR count). The fourth-order valence-corrected chi connectivity index (χ4v) is 1.92. The zero-order chi connectivity index (χ0) is 9.68. The van der Waals surface area contributed by atoms with Gasteiger partial charge < -0.3 is 4.90 Å². The van der Waals surface area contributed by atoms with Crippen molar-refractivity contribution in [2.24, 2.45) is 0 Å². The molecule has 0 unspecified atom stereocenters. The van der Waals surface area contributed by atoms with Crippen LogP contribution in [0, 0.1) is 11.3 Å². The van der Waals surface area contributed by atoms with Crippen molar-refractivity contribution < 1.29 is 0 Å². The third-order valence-corrected chi connectivity index (χ3v) is 2.95. The van der Waals surface area contributed by atoms with Crippen LogP contribution in [0.2, 0.25) is 0 Å². The van der Waals surface area contributed by atoms with Gasteiger partial charge in [-0.15, -0.1) is 0 Å². The molecule has 0 aromatic heterocycles. The van der Waals surface area contributed by atoms with Gasteiger partial charge in [-0.25, -0.2) is 0 Å². The maximum absolute atomic E-state index is 8.56. The molecule has 0 saturated carbocycles. The molecule has 1 saturated heterocycles. The molecule has 0 spiro atoms. The van der Waals surface area contributed by atoms with Crippen molar-refractivity contribution in [3.05, 3.63) is 0 Å². The lowest BCUT2D eigenvalue weighted by Gasteiger charge is -2.35. The number of piperidine rings is 1. The van der Waals surface area contributed by atoms with Crippen LogP contribution >= 0.6 is 0 Å². The number of rotatable bonds is 3. The first-order valence-electron chi connectivity index (χ1n) is 5.07. The molecule has 0 radical (unpaired) electrons. The van der Waals surface area contributed by atoms with Crippen molar-refractivity contribution in [2.75, 3.05) is 33.2 Å². The molecule has 0 aromatic rings. The predicted molar refractivity (Wildman–Crippen MR) is 53.4 cm³/mol. The Morgan fingerprint density at radius 2 is 2.08 bits per heavy atom. The zero-order valence-corrected chi connectivity index (χ0v) is 8.66. The van der Waals surface area contributed by atoms with Gasteiger partial charge in [0.25, 0.3) is 0 Å². The van der Waals surface area contributed by atoms with Crippen molar-refractivity contribution in [1.29, 1.82) is 5.26 Å². The molecule has 1 aliphatic heterocycles. The van der Waals surface area contributed by atoms with E-state index in [1.165, 1.54) is 25.9 Å². The van der Waals surface area contributed by atoms with Gasteiger partial charge in [0.1, 0.15) is 0 Å². The van der Waals surface area contributed by atoms with Crippen LogP contribution in [0.25, 0.3) is 0 Å². The molecule has 13 heavy (non-hydrogen) atoms. The Morgan fingerprint density at radius 3 is 2.54 bits per heavy atom. The van der Waals surface area contributed by atoms with Gasteiger partial charge in [0.15, 0.2) is 0 Å². The molecule has 3 heteroatoms. The zero-order valence-electron chi connectivity index (χ0n) is 8.66. The third-order valence-electron chi connectivity index (χ3n) is 2.95. The topological polar surface area (TPSA) is 30.3 Å². The fourth-order valence-electron chi connectivity index (χ4n) is 1.92. The lowest BCUT2D eigenvalue weighted by atomic mass is 10.0. The molecule has 0 atom stereocenters. The molecule has 0 N–H and O–H groups in total. The van der Waals surface area contributed by atoms with Crippen molar-refractivity contribution in [3.63, 3.8) is 0 Å². The molecular formula is C10H19N3. The molecule has 0 aliphatic carbocycles. The van der Waals surface area contributed by atoms with E-state index in [4.69, 9.17) is 5.26 Å². The van der Waals surface area contributed by atoms with Gasteiger partial charge in [-0.05, 0) is 39.5 Å². The predicted octanol–water partition coefficient (Wildman–Crippen LogP) is 0.926. The van der Waals surface area contributed by atoms with E-state index in [9.17, 15) is 0 Å². The lowest BCUT2D eigenvalue weighted by molar-refractivity contribution is 0.141. The first-order chi connectivity index (χ1) is 6.27. The molecule has 1 aliphatic rings. The molecule has 0 aromatic carbocycles.